The van der Waals surface area contributed by atoms with Crippen molar-refractivity contribution in [3.8, 4) is 0 Å². The third-order valence-electron chi connectivity index (χ3n) is 3.33. The third kappa shape index (κ3) is 3.78. The average Bonchev–Trinajstić information content (AvgIpc) is 2.99. The molecule has 2 fully saturated rings. The number of hydrogen-bond acceptors (Lipinski definition) is 2. The molecule has 0 aromatic heterocycles. The van der Waals surface area contributed by atoms with Crippen LogP contribution in [0.5, 0.6) is 0 Å². The van der Waals surface area contributed by atoms with Crippen molar-refractivity contribution in [2.24, 2.45) is 5.92 Å². The lowest BCUT2D eigenvalue weighted by molar-refractivity contribution is 0.312. The zero-order valence-corrected chi connectivity index (χ0v) is 10.0. The van der Waals surface area contributed by atoms with Gasteiger partial charge >= 0.3 is 0 Å². The predicted octanol–water partition coefficient (Wildman–Crippen LogP) is 1.86. The molecular weight excluding hydrogens is 208 g/mol. The van der Waals surface area contributed by atoms with Crippen molar-refractivity contribution < 1.29 is 0 Å². The Morgan fingerprint density at radius 1 is 1.27 bits per heavy atom. The predicted molar refractivity (Wildman–Crippen MR) is 65.4 cm³/mol. The van der Waals surface area contributed by atoms with Gasteiger partial charge in [0.1, 0.15) is 0 Å². The number of rotatable bonds is 6. The van der Waals surface area contributed by atoms with E-state index in [1.165, 1.54) is 32.4 Å². The summed E-state index contributed by atoms with van der Waals surface area (Å²) in [6.45, 7) is 4.77. The Morgan fingerprint density at radius 2 is 2.13 bits per heavy atom. The van der Waals surface area contributed by atoms with Crippen LogP contribution in [0.25, 0.3) is 0 Å². The van der Waals surface area contributed by atoms with Crippen molar-refractivity contribution in [2.45, 2.75) is 25.3 Å². The Morgan fingerprint density at radius 3 is 2.87 bits per heavy atom. The Labute approximate surface area is 97.7 Å². The van der Waals surface area contributed by atoms with Crippen LogP contribution in [0, 0.1) is 5.92 Å². The van der Waals surface area contributed by atoms with E-state index >= 15 is 0 Å². The zero-order valence-electron chi connectivity index (χ0n) is 9.29. The first kappa shape index (κ1) is 11.4. The van der Waals surface area contributed by atoms with Crippen molar-refractivity contribution >= 4 is 11.6 Å². The van der Waals surface area contributed by atoms with Gasteiger partial charge in [-0.15, -0.1) is 11.6 Å². The molecule has 1 aliphatic carbocycles. The standard InChI is InChI=1S/C12H21ClN2/c13-6-1-2-7-14-9-11-5-8-15(10-11)12-3-4-12/h1-2,11-12,14H,3-10H2/b2-1+. The summed E-state index contributed by atoms with van der Waals surface area (Å²) < 4.78 is 0. The van der Waals surface area contributed by atoms with E-state index in [9.17, 15) is 0 Å². The van der Waals surface area contributed by atoms with Gasteiger partial charge in [0.05, 0.1) is 0 Å². The number of nitrogens with zero attached hydrogens (tertiary/aromatic N) is 1. The summed E-state index contributed by atoms with van der Waals surface area (Å²) in [7, 11) is 0. The van der Waals surface area contributed by atoms with Crippen LogP contribution in [-0.2, 0) is 0 Å². The molecule has 2 aliphatic rings. The highest BCUT2D eigenvalue weighted by molar-refractivity contribution is 6.18. The fourth-order valence-corrected chi connectivity index (χ4v) is 2.44. The second kappa shape index (κ2) is 5.88. The molecule has 1 aliphatic heterocycles. The fourth-order valence-electron chi connectivity index (χ4n) is 2.32. The summed E-state index contributed by atoms with van der Waals surface area (Å²) in [5.41, 5.74) is 0. The van der Waals surface area contributed by atoms with Gasteiger partial charge in [0, 0.05) is 25.0 Å². The van der Waals surface area contributed by atoms with E-state index in [4.69, 9.17) is 11.6 Å². The van der Waals surface area contributed by atoms with Gasteiger partial charge in [-0.3, -0.25) is 0 Å². The molecule has 3 heteroatoms. The van der Waals surface area contributed by atoms with Crippen molar-refractivity contribution in [3.05, 3.63) is 12.2 Å². The largest absolute Gasteiger partial charge is 0.313 e. The van der Waals surface area contributed by atoms with Crippen LogP contribution < -0.4 is 5.32 Å². The molecule has 0 aromatic rings. The summed E-state index contributed by atoms with van der Waals surface area (Å²) in [6.07, 6.45) is 8.38. The Kier molecular flexibility index (Phi) is 4.48. The van der Waals surface area contributed by atoms with Crippen LogP contribution in [0.15, 0.2) is 12.2 Å². The topological polar surface area (TPSA) is 15.3 Å². The SMILES string of the molecule is ClC/C=C/CNCC1CCN(C2CC2)C1. The molecule has 86 valence electrons. The second-order valence-electron chi connectivity index (χ2n) is 4.66. The summed E-state index contributed by atoms with van der Waals surface area (Å²) >= 11 is 5.55. The molecule has 1 atom stereocenters. The minimum atomic E-state index is 0.626. The van der Waals surface area contributed by atoms with Gasteiger partial charge in [0.25, 0.3) is 0 Å². The van der Waals surface area contributed by atoms with Crippen LogP contribution in [0.3, 0.4) is 0 Å². The Bertz CT molecular complexity index is 214. The summed E-state index contributed by atoms with van der Waals surface area (Å²) in [6, 6.07) is 0.950. The molecule has 1 heterocycles. The molecular formula is C12H21ClN2. The maximum absolute atomic E-state index is 5.55. The molecule has 15 heavy (non-hydrogen) atoms. The maximum atomic E-state index is 5.55. The Hall–Kier alpha value is -0.0500. The van der Waals surface area contributed by atoms with Gasteiger partial charge in [-0.2, -0.15) is 0 Å². The first-order valence-corrected chi connectivity index (χ1v) is 6.59. The summed E-state index contributed by atoms with van der Waals surface area (Å²) in [5.74, 6) is 1.50. The lowest BCUT2D eigenvalue weighted by Crippen LogP contribution is -2.27. The van der Waals surface area contributed by atoms with Gasteiger partial charge in [0.2, 0.25) is 0 Å². The molecule has 1 saturated heterocycles. The van der Waals surface area contributed by atoms with E-state index in [0.717, 1.165) is 25.0 Å². The Balaban J connectivity index is 1.54. The summed E-state index contributed by atoms with van der Waals surface area (Å²) in [5, 5.41) is 3.47. The highest BCUT2D eigenvalue weighted by Crippen LogP contribution is 2.31. The fraction of sp³-hybridized carbons (Fsp3) is 0.833. The first-order valence-electron chi connectivity index (χ1n) is 6.06. The van der Waals surface area contributed by atoms with Gasteiger partial charge in [0.15, 0.2) is 0 Å². The van der Waals surface area contributed by atoms with E-state index in [1.54, 1.807) is 0 Å². The molecule has 0 radical (unpaired) electrons. The lowest BCUT2D eigenvalue weighted by Gasteiger charge is -2.14. The number of allylic oxidation sites excluding steroid dienone is 1. The van der Waals surface area contributed by atoms with Crippen LogP contribution in [0.2, 0.25) is 0 Å². The number of nitrogens with one attached hydrogen (secondary N) is 1. The van der Waals surface area contributed by atoms with E-state index < -0.39 is 0 Å². The van der Waals surface area contributed by atoms with Crippen LogP contribution in [-0.4, -0.2) is 43.0 Å². The minimum absolute atomic E-state index is 0.626. The molecule has 1 unspecified atom stereocenters. The van der Waals surface area contributed by atoms with Gasteiger partial charge in [-0.1, -0.05) is 12.2 Å². The lowest BCUT2D eigenvalue weighted by atomic mass is 10.1. The normalized spacial score (nSPS) is 27.9. The minimum Gasteiger partial charge on any atom is -0.313 e. The van der Waals surface area contributed by atoms with Crippen molar-refractivity contribution in [1.29, 1.82) is 0 Å². The highest BCUT2D eigenvalue weighted by Gasteiger charge is 2.33. The molecule has 2 rings (SSSR count). The van der Waals surface area contributed by atoms with Gasteiger partial charge in [-0.05, 0) is 38.3 Å². The summed E-state index contributed by atoms with van der Waals surface area (Å²) in [4.78, 5) is 2.67. The first-order chi connectivity index (χ1) is 7.40. The van der Waals surface area contributed by atoms with Crippen LogP contribution in [0.4, 0.5) is 0 Å². The van der Waals surface area contributed by atoms with Crippen molar-refractivity contribution in [1.82, 2.24) is 10.2 Å². The molecule has 1 saturated carbocycles. The zero-order chi connectivity index (χ0) is 10.5. The smallest absolute Gasteiger partial charge is 0.0404 e. The maximum Gasteiger partial charge on any atom is 0.0404 e. The monoisotopic (exact) mass is 228 g/mol. The number of halogens is 1. The molecule has 0 spiro atoms. The van der Waals surface area contributed by atoms with Crippen molar-refractivity contribution in [2.75, 3.05) is 32.1 Å². The quantitative estimate of drug-likeness (QED) is 0.424. The van der Waals surface area contributed by atoms with Gasteiger partial charge < -0.3 is 10.2 Å². The highest BCUT2D eigenvalue weighted by atomic mass is 35.5. The van der Waals surface area contributed by atoms with Crippen LogP contribution in [0.1, 0.15) is 19.3 Å². The van der Waals surface area contributed by atoms with E-state index in [1.807, 2.05) is 6.08 Å². The molecule has 0 bridgehead atoms. The van der Waals surface area contributed by atoms with Crippen molar-refractivity contribution in [3.63, 3.8) is 0 Å². The van der Waals surface area contributed by atoms with Crippen LogP contribution >= 0.6 is 11.6 Å². The second-order valence-corrected chi connectivity index (χ2v) is 4.97. The molecule has 0 amide bonds. The number of alkyl halides is 1. The average molecular weight is 229 g/mol. The van der Waals surface area contributed by atoms with Gasteiger partial charge in [-0.25, -0.2) is 0 Å². The third-order valence-corrected chi connectivity index (χ3v) is 3.51. The van der Waals surface area contributed by atoms with E-state index in [0.29, 0.717) is 5.88 Å². The molecule has 0 aromatic carbocycles. The number of likely N-dealkylation sites (tertiary alicyclic amines) is 1. The van der Waals surface area contributed by atoms with E-state index in [2.05, 4.69) is 16.3 Å². The molecule has 2 nitrogen and oxygen atoms in total. The number of hydrogen-bond donors (Lipinski definition) is 1. The molecule has 1 N–H and O–H groups in total. The van der Waals surface area contributed by atoms with E-state index in [-0.39, 0.29) is 0 Å².